The Bertz CT molecular complexity index is 572. The molecule has 0 amide bonds. The van der Waals surface area contributed by atoms with Crippen LogP contribution in [0.3, 0.4) is 0 Å². The maximum absolute atomic E-state index is 11.5. The molecule has 1 N–H and O–H groups in total. The molecule has 0 aromatic heterocycles. The van der Waals surface area contributed by atoms with Gasteiger partial charge in [-0.05, 0) is 80.0 Å². The van der Waals surface area contributed by atoms with Crippen LogP contribution in [0.5, 0.6) is 0 Å². The van der Waals surface area contributed by atoms with Crippen LogP contribution in [-0.2, 0) is 14.3 Å². The lowest BCUT2D eigenvalue weighted by atomic mass is 9.61. The van der Waals surface area contributed by atoms with Crippen molar-refractivity contribution in [1.29, 1.82) is 0 Å². The molecular formula is C21H33BrO4. The number of esters is 1. The van der Waals surface area contributed by atoms with Gasteiger partial charge in [0.15, 0.2) is 0 Å². The molecule has 148 valence electrons. The van der Waals surface area contributed by atoms with Crippen LogP contribution in [0.4, 0.5) is 0 Å². The first-order valence-corrected chi connectivity index (χ1v) is 10.8. The van der Waals surface area contributed by atoms with Crippen LogP contribution < -0.4 is 0 Å². The largest absolute Gasteiger partial charge is 0.478 e. The zero-order valence-corrected chi connectivity index (χ0v) is 18.1. The van der Waals surface area contributed by atoms with Gasteiger partial charge in [0.05, 0.1) is 0 Å². The summed E-state index contributed by atoms with van der Waals surface area (Å²) in [5.41, 5.74) is 0.523. The first-order chi connectivity index (χ1) is 12.1. The highest BCUT2D eigenvalue weighted by Gasteiger charge is 2.50. The molecule has 2 aliphatic rings. The van der Waals surface area contributed by atoms with Gasteiger partial charge in [-0.2, -0.15) is 0 Å². The number of ether oxygens (including phenoxy) is 1. The van der Waals surface area contributed by atoms with Crippen LogP contribution in [0.1, 0.15) is 79.1 Å². The van der Waals surface area contributed by atoms with Gasteiger partial charge in [-0.1, -0.05) is 41.8 Å². The molecule has 26 heavy (non-hydrogen) atoms. The van der Waals surface area contributed by atoms with E-state index < -0.39 is 17.5 Å². The maximum Gasteiger partial charge on any atom is 0.347 e. The molecule has 0 spiro atoms. The zero-order chi connectivity index (χ0) is 19.5. The van der Waals surface area contributed by atoms with Gasteiger partial charge in [-0.3, -0.25) is 4.79 Å². The summed E-state index contributed by atoms with van der Waals surface area (Å²) in [6.07, 6.45) is 8.39. The normalized spacial score (nSPS) is 33.3. The number of hydrogen-bond donors (Lipinski definition) is 1. The second kappa shape index (κ2) is 8.45. The maximum atomic E-state index is 11.5. The Kier molecular flexibility index (Phi) is 6.98. The van der Waals surface area contributed by atoms with E-state index in [1.54, 1.807) is 5.57 Å². The molecule has 0 aromatic carbocycles. The monoisotopic (exact) mass is 428 g/mol. The van der Waals surface area contributed by atoms with E-state index in [4.69, 9.17) is 4.74 Å². The average molecular weight is 429 g/mol. The molecule has 5 heteroatoms. The first-order valence-electron chi connectivity index (χ1n) is 9.86. The summed E-state index contributed by atoms with van der Waals surface area (Å²) in [6, 6.07) is 0. The molecule has 2 fully saturated rings. The van der Waals surface area contributed by atoms with Crippen molar-refractivity contribution in [3.63, 3.8) is 0 Å². The molecule has 0 heterocycles. The van der Waals surface area contributed by atoms with E-state index in [9.17, 15) is 14.7 Å². The highest BCUT2D eigenvalue weighted by Crippen LogP contribution is 2.60. The fraction of sp³-hybridized carbons (Fsp3) is 0.810. The Morgan fingerprint density at radius 2 is 2.15 bits per heavy atom. The smallest absolute Gasteiger partial charge is 0.347 e. The van der Waals surface area contributed by atoms with Crippen LogP contribution in [0.2, 0.25) is 0 Å². The first kappa shape index (κ1) is 21.5. The van der Waals surface area contributed by atoms with Crippen molar-refractivity contribution in [3.8, 4) is 0 Å². The minimum atomic E-state index is -1.41. The van der Waals surface area contributed by atoms with Gasteiger partial charge < -0.3 is 9.84 Å². The number of carbonyl (C=O) groups is 2. The molecular weight excluding hydrogens is 396 g/mol. The number of halogens is 1. The zero-order valence-electron chi connectivity index (χ0n) is 16.5. The fourth-order valence-electron chi connectivity index (χ4n) is 5.63. The summed E-state index contributed by atoms with van der Waals surface area (Å²) in [7, 11) is 0. The number of hydrogen-bond acceptors (Lipinski definition) is 3. The van der Waals surface area contributed by atoms with Crippen molar-refractivity contribution in [3.05, 3.63) is 10.6 Å². The van der Waals surface area contributed by atoms with Gasteiger partial charge in [-0.15, -0.1) is 0 Å². The average Bonchev–Trinajstić information content (AvgIpc) is 2.90. The summed E-state index contributed by atoms with van der Waals surface area (Å²) in [6.45, 7) is 7.54. The number of fused-ring (bicyclic) bond motifs is 1. The van der Waals surface area contributed by atoms with Gasteiger partial charge in [0.2, 0.25) is 5.60 Å². The highest BCUT2D eigenvalue weighted by molar-refractivity contribution is 9.11. The van der Waals surface area contributed by atoms with Crippen LogP contribution in [0.25, 0.3) is 0 Å². The lowest BCUT2D eigenvalue weighted by Crippen LogP contribution is -2.40. The quantitative estimate of drug-likeness (QED) is 0.528. The van der Waals surface area contributed by atoms with E-state index in [0.717, 1.165) is 12.8 Å². The third kappa shape index (κ3) is 4.35. The van der Waals surface area contributed by atoms with E-state index in [2.05, 4.69) is 34.8 Å². The summed E-state index contributed by atoms with van der Waals surface area (Å²) in [4.78, 5) is 24.9. The van der Waals surface area contributed by atoms with Crippen LogP contribution >= 0.6 is 15.9 Å². The molecule has 0 aliphatic heterocycles. The molecule has 2 aliphatic carbocycles. The van der Waals surface area contributed by atoms with Gasteiger partial charge in [-0.25, -0.2) is 4.79 Å². The van der Waals surface area contributed by atoms with E-state index >= 15 is 0 Å². The molecule has 0 aromatic rings. The topological polar surface area (TPSA) is 63.6 Å². The Hall–Kier alpha value is -0.840. The lowest BCUT2D eigenvalue weighted by Gasteiger charge is -2.44. The van der Waals surface area contributed by atoms with Crippen LogP contribution in [0, 0.1) is 23.2 Å². The van der Waals surface area contributed by atoms with Crippen molar-refractivity contribution in [1.82, 2.24) is 0 Å². The van der Waals surface area contributed by atoms with Crippen LogP contribution in [-0.4, -0.2) is 22.6 Å². The molecule has 0 saturated heterocycles. The summed E-state index contributed by atoms with van der Waals surface area (Å²) >= 11 is 3.57. The minimum absolute atomic E-state index is 0.364. The number of aliphatic carboxylic acids is 1. The third-order valence-corrected chi connectivity index (χ3v) is 7.59. The Balaban J connectivity index is 1.97. The van der Waals surface area contributed by atoms with Crippen LogP contribution in [0.15, 0.2) is 10.6 Å². The summed E-state index contributed by atoms with van der Waals surface area (Å²) in [5, 5.41) is 9.42. The highest BCUT2D eigenvalue weighted by atomic mass is 79.9. The molecule has 5 atom stereocenters. The van der Waals surface area contributed by atoms with Crippen molar-refractivity contribution in [2.45, 2.75) is 84.7 Å². The fourth-order valence-corrected chi connectivity index (χ4v) is 6.17. The predicted molar refractivity (Wildman–Crippen MR) is 106 cm³/mol. The molecule has 2 saturated carbocycles. The molecule has 2 rings (SSSR count). The van der Waals surface area contributed by atoms with E-state index in [0.29, 0.717) is 29.6 Å². The summed E-state index contributed by atoms with van der Waals surface area (Å²) in [5.74, 6) is 0.321. The molecule has 0 bridgehead atoms. The number of carboxylic acid groups (broad SMARTS) is 1. The van der Waals surface area contributed by atoms with Gasteiger partial charge in [0.25, 0.3) is 0 Å². The SMILES string of the molecule is CC(=O)O[C@](C)(CCC[C@@H](C)[C@H]1CCC2/C(=C/Br)CCC[C@@]21C)C(=O)O. The van der Waals surface area contributed by atoms with Crippen molar-refractivity contribution in [2.75, 3.05) is 0 Å². The van der Waals surface area contributed by atoms with Gasteiger partial charge in [0.1, 0.15) is 0 Å². The Morgan fingerprint density at radius 1 is 1.46 bits per heavy atom. The van der Waals surface area contributed by atoms with E-state index in [1.807, 2.05) is 0 Å². The number of carboxylic acids is 1. The summed E-state index contributed by atoms with van der Waals surface area (Å²) < 4.78 is 5.09. The Morgan fingerprint density at radius 3 is 2.73 bits per heavy atom. The minimum Gasteiger partial charge on any atom is -0.478 e. The van der Waals surface area contributed by atoms with Crippen molar-refractivity contribution < 1.29 is 19.4 Å². The van der Waals surface area contributed by atoms with Gasteiger partial charge >= 0.3 is 11.9 Å². The number of allylic oxidation sites excluding steroid dienone is 1. The second-order valence-corrected chi connectivity index (χ2v) is 9.24. The number of rotatable bonds is 7. The molecule has 4 nitrogen and oxygen atoms in total. The molecule has 0 radical (unpaired) electrons. The lowest BCUT2D eigenvalue weighted by molar-refractivity contribution is -0.176. The Labute approximate surface area is 165 Å². The molecule has 1 unspecified atom stereocenters. The standard InChI is InChI=1S/C21H33BrO4/c1-14(7-5-12-21(4,19(24)25)26-15(2)23)17-9-10-18-16(13-22)8-6-11-20(17,18)3/h13-14,17-18H,5-12H2,1-4H3,(H,24,25)/b16-13+/t14-,17-,18?,20-,21-/m1/s1. The third-order valence-electron chi connectivity index (χ3n) is 7.00. The van der Waals surface area contributed by atoms with E-state index in [-0.39, 0.29) is 0 Å². The second-order valence-electron chi connectivity index (χ2n) is 8.78. The number of carbonyl (C=O) groups excluding carboxylic acids is 1. The van der Waals surface area contributed by atoms with Crippen molar-refractivity contribution in [2.24, 2.45) is 23.2 Å². The van der Waals surface area contributed by atoms with Gasteiger partial charge in [0, 0.05) is 6.92 Å². The van der Waals surface area contributed by atoms with Crippen molar-refractivity contribution >= 4 is 27.9 Å². The predicted octanol–water partition coefficient (Wildman–Crippen LogP) is 5.69. The van der Waals surface area contributed by atoms with E-state index in [1.165, 1.54) is 46.0 Å².